The molecule has 0 aromatic rings. The van der Waals surface area contributed by atoms with Gasteiger partial charge in [-0.2, -0.15) is 0 Å². The monoisotopic (exact) mass is 891 g/mol. The second-order valence-corrected chi connectivity index (χ2v) is 18.4. The Morgan fingerprint density at radius 2 is 0.869 bits per heavy atom. The number of aliphatic hydroxyl groups is 5. The summed E-state index contributed by atoms with van der Waals surface area (Å²) in [7, 11) is -5.12. The molecule has 0 bridgehead atoms. The maximum absolute atomic E-state index is 12.8. The van der Waals surface area contributed by atoms with Crippen molar-refractivity contribution in [2.45, 2.75) is 249 Å². The molecule has 0 amide bonds. The molecule has 6 unspecified atom stereocenters. The van der Waals surface area contributed by atoms with E-state index in [1.54, 1.807) is 0 Å². The third-order valence-corrected chi connectivity index (χ3v) is 12.3. The van der Waals surface area contributed by atoms with Crippen LogP contribution < -0.4 is 0 Å². The number of hydrogen-bond donors (Lipinski definition) is 6. The minimum atomic E-state index is -5.12. The molecule has 358 valence electrons. The van der Waals surface area contributed by atoms with Gasteiger partial charge in [-0.1, -0.05) is 167 Å². The van der Waals surface area contributed by atoms with E-state index in [0.29, 0.717) is 12.8 Å². The molecule has 6 N–H and O–H groups in total. The van der Waals surface area contributed by atoms with Crippen molar-refractivity contribution >= 4 is 19.8 Å². The van der Waals surface area contributed by atoms with Crippen LogP contribution in [0.1, 0.15) is 206 Å². The normalized spacial score (nSPS) is 22.2. The molecule has 14 heteroatoms. The molecule has 0 aromatic heterocycles. The first-order chi connectivity index (χ1) is 29.4. The number of carbonyl (C=O) groups is 2. The first kappa shape index (κ1) is 57.3. The van der Waals surface area contributed by atoms with E-state index in [2.05, 4.69) is 32.1 Å². The van der Waals surface area contributed by atoms with E-state index in [0.717, 1.165) is 44.9 Å². The summed E-state index contributed by atoms with van der Waals surface area (Å²) < 4.78 is 33.5. The van der Waals surface area contributed by atoms with Gasteiger partial charge in [0.25, 0.3) is 0 Å². The van der Waals surface area contributed by atoms with Gasteiger partial charge in [-0.05, 0) is 51.4 Å². The van der Waals surface area contributed by atoms with E-state index in [1.165, 1.54) is 122 Å². The molecule has 0 aromatic carbocycles. The van der Waals surface area contributed by atoms with Crippen LogP contribution in [0, 0.1) is 0 Å². The highest BCUT2D eigenvalue weighted by Gasteiger charge is 2.51. The van der Waals surface area contributed by atoms with Gasteiger partial charge < -0.3 is 39.9 Å². The van der Waals surface area contributed by atoms with Gasteiger partial charge in [-0.25, -0.2) is 4.57 Å². The summed E-state index contributed by atoms with van der Waals surface area (Å²) in [5.41, 5.74) is 0. The molecule has 0 saturated heterocycles. The van der Waals surface area contributed by atoms with Crippen molar-refractivity contribution in [1.82, 2.24) is 0 Å². The van der Waals surface area contributed by atoms with Crippen LogP contribution in [0.15, 0.2) is 24.3 Å². The number of aliphatic hydroxyl groups excluding tert-OH is 5. The summed E-state index contributed by atoms with van der Waals surface area (Å²) in [6, 6.07) is 0. The standard InChI is InChI=1S/C47H87O13P/c1-3-5-7-9-11-13-15-17-19-20-22-24-26-28-30-32-34-36-41(49)59-39(38-58-61(55,56)60-47-45(53)43(51)42(50)44(52)46(47)54)37-57-40(48)35-33-31-29-27-25-23-21-18-16-14-12-10-8-6-4-2/h13,15,29,31,39,42-47,50-54H,3-12,14,16-28,30,32-38H2,1-2H3,(H,55,56)/b15-13+,31-29+/t39-,42?,43+,44?,45?,46?,47?/m1/s1. The Labute approximate surface area is 368 Å². The zero-order valence-electron chi connectivity index (χ0n) is 38.0. The fourth-order valence-electron chi connectivity index (χ4n) is 7.36. The fraction of sp³-hybridized carbons (Fsp3) is 0.872. The Morgan fingerprint density at radius 3 is 1.33 bits per heavy atom. The van der Waals surface area contributed by atoms with E-state index in [9.17, 15) is 44.6 Å². The Morgan fingerprint density at radius 1 is 0.492 bits per heavy atom. The Bertz CT molecular complexity index is 1170. The van der Waals surface area contributed by atoms with Gasteiger partial charge in [-0.3, -0.25) is 18.6 Å². The van der Waals surface area contributed by atoms with Gasteiger partial charge in [0.05, 0.1) is 6.61 Å². The number of rotatable bonds is 40. The Balaban J connectivity index is 2.45. The summed E-state index contributed by atoms with van der Waals surface area (Å²) >= 11 is 0. The Kier molecular flexibility index (Phi) is 35.4. The van der Waals surface area contributed by atoms with Crippen molar-refractivity contribution < 1.29 is 63.1 Å². The largest absolute Gasteiger partial charge is 0.472 e. The molecular weight excluding hydrogens is 803 g/mol. The second kappa shape index (κ2) is 37.7. The highest BCUT2D eigenvalue weighted by molar-refractivity contribution is 7.47. The van der Waals surface area contributed by atoms with E-state index < -0.39 is 75.7 Å². The van der Waals surface area contributed by atoms with Gasteiger partial charge in [0.1, 0.15) is 43.2 Å². The molecule has 1 aliphatic rings. The lowest BCUT2D eigenvalue weighted by molar-refractivity contribution is -0.220. The number of allylic oxidation sites excluding steroid dienone is 4. The lowest BCUT2D eigenvalue weighted by Crippen LogP contribution is -2.64. The Hall–Kier alpha value is -1.67. The van der Waals surface area contributed by atoms with E-state index in [4.69, 9.17) is 18.5 Å². The summed E-state index contributed by atoms with van der Waals surface area (Å²) in [6.45, 7) is 3.27. The van der Waals surface area contributed by atoms with Crippen LogP contribution in [0.5, 0.6) is 0 Å². The zero-order chi connectivity index (χ0) is 45.0. The van der Waals surface area contributed by atoms with Gasteiger partial charge in [-0.15, -0.1) is 0 Å². The number of hydrogen-bond acceptors (Lipinski definition) is 12. The molecule has 1 fully saturated rings. The minimum absolute atomic E-state index is 0.0858. The van der Waals surface area contributed by atoms with Crippen LogP contribution in [0.3, 0.4) is 0 Å². The third-order valence-electron chi connectivity index (χ3n) is 11.3. The maximum Gasteiger partial charge on any atom is 0.472 e. The zero-order valence-corrected chi connectivity index (χ0v) is 38.9. The average Bonchev–Trinajstić information content (AvgIpc) is 3.24. The van der Waals surface area contributed by atoms with Crippen LogP contribution in [0.2, 0.25) is 0 Å². The van der Waals surface area contributed by atoms with Crippen molar-refractivity contribution in [2.24, 2.45) is 0 Å². The molecule has 1 rings (SSSR count). The first-order valence-corrected chi connectivity index (χ1v) is 25.6. The lowest BCUT2D eigenvalue weighted by Gasteiger charge is -2.41. The molecule has 1 aliphatic carbocycles. The van der Waals surface area contributed by atoms with E-state index in [-0.39, 0.29) is 12.8 Å². The topological polar surface area (TPSA) is 210 Å². The first-order valence-electron chi connectivity index (χ1n) is 24.1. The highest BCUT2D eigenvalue weighted by atomic mass is 31.2. The van der Waals surface area contributed by atoms with E-state index in [1.807, 2.05) is 6.08 Å². The quantitative estimate of drug-likeness (QED) is 0.0147. The maximum atomic E-state index is 12.8. The lowest BCUT2D eigenvalue weighted by atomic mass is 9.85. The predicted octanol–water partition coefficient (Wildman–Crippen LogP) is 9.62. The predicted molar refractivity (Wildman–Crippen MR) is 240 cm³/mol. The van der Waals surface area contributed by atoms with Crippen LogP contribution in [0.4, 0.5) is 0 Å². The number of ether oxygens (including phenoxy) is 2. The molecule has 1 saturated carbocycles. The number of unbranched alkanes of at least 4 members (excludes halogenated alkanes) is 24. The summed E-state index contributed by atoms with van der Waals surface area (Å²) in [6.07, 6.45) is 28.1. The average molecular weight is 891 g/mol. The third kappa shape index (κ3) is 30.2. The van der Waals surface area contributed by atoms with Crippen molar-refractivity contribution in [3.05, 3.63) is 24.3 Å². The van der Waals surface area contributed by atoms with Crippen molar-refractivity contribution in [2.75, 3.05) is 13.2 Å². The molecular formula is C47H87O13P. The van der Waals surface area contributed by atoms with Crippen LogP contribution in [0.25, 0.3) is 0 Å². The number of esters is 2. The molecule has 13 nitrogen and oxygen atoms in total. The highest BCUT2D eigenvalue weighted by Crippen LogP contribution is 2.47. The fourth-order valence-corrected chi connectivity index (χ4v) is 8.33. The van der Waals surface area contributed by atoms with Gasteiger partial charge in [0.2, 0.25) is 0 Å². The number of phosphoric acid groups is 1. The van der Waals surface area contributed by atoms with Crippen LogP contribution in [-0.4, -0.2) is 98.3 Å². The summed E-state index contributed by atoms with van der Waals surface area (Å²) in [5.74, 6) is -1.15. The SMILES string of the molecule is CCCCCC/C=C/CCCCCCCCCCCC(=O)O[C@H](COC(=O)CC/C=C/CCCCCCCCCCCCC)COP(=O)(O)OC1C(O)C(O)C(O)[C@H](O)C1O. The van der Waals surface area contributed by atoms with Gasteiger partial charge >= 0.3 is 19.8 Å². The molecule has 0 aliphatic heterocycles. The van der Waals surface area contributed by atoms with E-state index >= 15 is 0 Å². The number of phosphoric ester groups is 1. The van der Waals surface area contributed by atoms with Crippen LogP contribution >= 0.6 is 7.82 Å². The summed E-state index contributed by atoms with van der Waals surface area (Å²) in [4.78, 5) is 35.7. The smallest absolute Gasteiger partial charge is 0.462 e. The molecule has 0 heterocycles. The minimum Gasteiger partial charge on any atom is -0.462 e. The summed E-state index contributed by atoms with van der Waals surface area (Å²) in [5, 5.41) is 50.2. The van der Waals surface area contributed by atoms with Crippen molar-refractivity contribution in [1.29, 1.82) is 0 Å². The molecule has 0 radical (unpaired) electrons. The number of carbonyl (C=O) groups excluding carboxylic acids is 2. The molecule has 61 heavy (non-hydrogen) atoms. The van der Waals surface area contributed by atoms with Crippen molar-refractivity contribution in [3.8, 4) is 0 Å². The van der Waals surface area contributed by atoms with Gasteiger partial charge in [0, 0.05) is 12.8 Å². The molecule has 8 atom stereocenters. The van der Waals surface area contributed by atoms with Gasteiger partial charge in [0.15, 0.2) is 6.10 Å². The van der Waals surface area contributed by atoms with Crippen LogP contribution in [-0.2, 0) is 32.7 Å². The second-order valence-electron chi connectivity index (χ2n) is 17.0. The van der Waals surface area contributed by atoms with Crippen molar-refractivity contribution in [3.63, 3.8) is 0 Å². The molecule has 0 spiro atoms.